The van der Waals surface area contributed by atoms with E-state index in [1.807, 2.05) is 18.2 Å². The van der Waals surface area contributed by atoms with E-state index in [2.05, 4.69) is 13.2 Å². The van der Waals surface area contributed by atoms with Crippen molar-refractivity contribution in [1.82, 2.24) is 0 Å². The van der Waals surface area contributed by atoms with Crippen LogP contribution in [-0.4, -0.2) is 110 Å². The molecule has 16 nitrogen and oxygen atoms in total. The minimum atomic E-state index is -3.72. The van der Waals surface area contributed by atoms with Crippen LogP contribution in [0.3, 0.4) is 0 Å². The van der Waals surface area contributed by atoms with Crippen molar-refractivity contribution in [1.29, 1.82) is 0 Å². The predicted molar refractivity (Wildman–Crippen MR) is 299 cm³/mol. The number of esters is 4. The molecule has 0 aliphatic carbocycles. The van der Waals surface area contributed by atoms with Crippen LogP contribution in [0.1, 0.15) is 67.1 Å². The highest BCUT2D eigenvalue weighted by Gasteiger charge is 2.46. The molecule has 8 rings (SSSR count). The molecule has 6 aromatic rings. The first kappa shape index (κ1) is 60.0. The molecule has 6 aromatic carbocycles. The summed E-state index contributed by atoms with van der Waals surface area (Å²) in [7, 11) is -3.72. The van der Waals surface area contributed by atoms with Crippen molar-refractivity contribution >= 4 is 45.8 Å². The van der Waals surface area contributed by atoms with Crippen LogP contribution < -0.4 is 4.89 Å². The van der Waals surface area contributed by atoms with Crippen LogP contribution in [0, 0.1) is 5.92 Å². The third-order valence-electron chi connectivity index (χ3n) is 12.8. The van der Waals surface area contributed by atoms with Gasteiger partial charge in [-0.1, -0.05) is 121 Å². The van der Waals surface area contributed by atoms with E-state index in [1.54, 1.807) is 169 Å². The fourth-order valence-corrected chi connectivity index (χ4v) is 11.0. The highest BCUT2D eigenvalue weighted by molar-refractivity contribution is 7.97. The van der Waals surface area contributed by atoms with Crippen molar-refractivity contribution in [2.24, 2.45) is 5.92 Å². The number of sulfone groups is 1. The molecule has 80 heavy (non-hydrogen) atoms. The van der Waals surface area contributed by atoms with E-state index in [0.717, 1.165) is 12.0 Å². The Labute approximate surface area is 469 Å². The van der Waals surface area contributed by atoms with Gasteiger partial charge in [-0.15, -0.1) is 17.5 Å². The van der Waals surface area contributed by atoms with E-state index in [-0.39, 0.29) is 36.7 Å². The quantitative estimate of drug-likeness (QED) is 0.0104. The van der Waals surface area contributed by atoms with Gasteiger partial charge in [0.1, 0.15) is 31.5 Å². The van der Waals surface area contributed by atoms with Gasteiger partial charge in [0.25, 0.3) is 0 Å². The van der Waals surface area contributed by atoms with Gasteiger partial charge >= 0.3 is 23.9 Å². The van der Waals surface area contributed by atoms with Crippen molar-refractivity contribution in [3.8, 4) is 5.75 Å². The number of ether oxygens (including phenoxy) is 6. The number of hydrogen-bond acceptors (Lipinski definition) is 17. The van der Waals surface area contributed by atoms with Crippen molar-refractivity contribution in [3.05, 3.63) is 241 Å². The lowest BCUT2D eigenvalue weighted by molar-refractivity contribution is -0.0765. The third kappa shape index (κ3) is 17.7. The summed E-state index contributed by atoms with van der Waals surface area (Å²) in [6, 6.07) is 50.8. The molecule has 2 aliphatic heterocycles. The monoisotopic (exact) mass is 1130 g/mol. The Morgan fingerprint density at radius 2 is 0.975 bits per heavy atom. The van der Waals surface area contributed by atoms with Crippen molar-refractivity contribution in [3.63, 3.8) is 0 Å². The summed E-state index contributed by atoms with van der Waals surface area (Å²) in [6.45, 7) is 7.02. The molecule has 0 amide bonds. The van der Waals surface area contributed by atoms with E-state index in [9.17, 15) is 37.8 Å². The second kappa shape index (κ2) is 30.6. The molecule has 0 spiro atoms. The average Bonchev–Trinajstić information content (AvgIpc) is 3.95. The van der Waals surface area contributed by atoms with Crippen molar-refractivity contribution < 1.29 is 75.5 Å². The van der Waals surface area contributed by atoms with Crippen LogP contribution in [0.5, 0.6) is 5.75 Å². The van der Waals surface area contributed by atoms with E-state index in [0.29, 0.717) is 46.4 Å². The molecule has 2 heterocycles. The number of benzene rings is 6. The first-order valence-electron chi connectivity index (χ1n) is 25.7. The number of aliphatic hydroxyl groups is 2. The topological polar surface area (TPSA) is 217 Å². The van der Waals surface area contributed by atoms with E-state index in [1.165, 1.54) is 12.1 Å². The molecule has 2 aliphatic rings. The highest BCUT2D eigenvalue weighted by Crippen LogP contribution is 2.36. The Bertz CT molecular complexity index is 3060. The summed E-state index contributed by atoms with van der Waals surface area (Å²) in [5.74, 6) is -2.88. The van der Waals surface area contributed by atoms with Gasteiger partial charge in [-0.3, -0.25) is 0 Å². The minimum Gasteiger partial charge on any atom is -0.458 e. The molecule has 1 unspecified atom stereocenters. The smallest absolute Gasteiger partial charge is 0.338 e. The Morgan fingerprint density at radius 1 is 0.550 bits per heavy atom. The molecule has 0 saturated carbocycles. The number of rotatable bonds is 25. The molecule has 0 bridgehead atoms. The molecule has 2 fully saturated rings. The molecular formula is C62H62O16S2. The van der Waals surface area contributed by atoms with E-state index in [4.69, 9.17) is 37.6 Å². The number of carbonyl (C=O) groups is 4. The summed E-state index contributed by atoms with van der Waals surface area (Å²) in [4.78, 5) is 56.2. The van der Waals surface area contributed by atoms with Gasteiger partial charge in [-0.2, -0.15) is 0 Å². The zero-order chi connectivity index (χ0) is 56.7. The Balaban J connectivity index is 0.000000231. The summed E-state index contributed by atoms with van der Waals surface area (Å²) in [5, 5.41) is 24.0. The van der Waals surface area contributed by atoms with Crippen LogP contribution in [0.15, 0.2) is 223 Å². The molecule has 418 valence electrons. The van der Waals surface area contributed by atoms with Crippen LogP contribution in [-0.2, 0) is 42.6 Å². The van der Waals surface area contributed by atoms with Crippen molar-refractivity contribution in [2.45, 2.75) is 79.4 Å². The van der Waals surface area contributed by atoms with Gasteiger partial charge in [0.05, 0.1) is 75.5 Å². The molecule has 0 aromatic heterocycles. The maximum absolute atomic E-state index is 13.1. The van der Waals surface area contributed by atoms with Gasteiger partial charge in [0.15, 0.2) is 15.6 Å². The molecule has 2 N–H and O–H groups in total. The maximum atomic E-state index is 13.1. The summed E-state index contributed by atoms with van der Waals surface area (Å²) in [5.41, 5.74) is 1.95. The Hall–Kier alpha value is -7.68. The lowest BCUT2D eigenvalue weighted by atomic mass is 9.94. The number of hydrogen-bond donors (Lipinski definition) is 2. The molecule has 2 saturated heterocycles. The molecule has 9 atom stereocenters. The second-order valence-electron chi connectivity index (χ2n) is 18.5. The van der Waals surface area contributed by atoms with Gasteiger partial charge < -0.3 is 43.5 Å². The summed E-state index contributed by atoms with van der Waals surface area (Å²) in [6.07, 6.45) is -2.62. The largest absolute Gasteiger partial charge is 0.458 e. The number of carbonyl (C=O) groups excluding carboxylic acids is 4. The predicted octanol–water partition coefficient (Wildman–Crippen LogP) is 9.96. The van der Waals surface area contributed by atoms with Gasteiger partial charge in [0.2, 0.25) is 0 Å². The normalized spacial score (nSPS) is 20.7. The van der Waals surface area contributed by atoms with Crippen LogP contribution in [0.25, 0.3) is 0 Å². The average molecular weight is 1130 g/mol. The Kier molecular flexibility index (Phi) is 23.0. The van der Waals surface area contributed by atoms with Crippen molar-refractivity contribution in [2.75, 3.05) is 19.0 Å². The lowest BCUT2D eigenvalue weighted by Gasteiger charge is -2.23. The van der Waals surface area contributed by atoms with Gasteiger partial charge in [-0.25, -0.2) is 27.6 Å². The van der Waals surface area contributed by atoms with Gasteiger partial charge in [-0.05, 0) is 91.2 Å². The van der Waals surface area contributed by atoms with Crippen LogP contribution in [0.2, 0.25) is 0 Å². The van der Waals surface area contributed by atoms with Crippen LogP contribution in [0.4, 0.5) is 0 Å². The first-order valence-corrected chi connectivity index (χ1v) is 28.2. The standard InChI is InChI=1S/C31H32O8S.C31H30O8S/c1-2-12-27-26(21-40(35,36)25-17-10-5-11-18-25)29(32)28(39-27)19-24(38-31(34)23-15-8-4-9-16-23)20-37-30(33)22-13-6-3-7-14-22;1-2-12-27-26(21-40-39-38-24-17-10-5-11-18-24)29(32)28(37-27)19-25(36-31(34)23-15-8-4-9-16-23)20-35-30(33)22-13-6-3-7-14-22/h2-11,13-18,24,26-29,32H,1,12,19-21H2;2-11,13-18,21,25,27-29,32H,1,12,19-20H2/b;26-21-/t24-,26?,27-,28+,29+;25-,27-,28+,29+/m00/s1. The molecule has 18 heteroatoms. The van der Waals surface area contributed by atoms with Gasteiger partial charge in [0, 0.05) is 24.2 Å². The zero-order valence-electron chi connectivity index (χ0n) is 43.5. The third-order valence-corrected chi connectivity index (χ3v) is 15.1. The Morgan fingerprint density at radius 3 is 1.44 bits per heavy atom. The molecule has 0 radical (unpaired) electrons. The highest BCUT2D eigenvalue weighted by atomic mass is 32.2. The number of aliphatic hydroxyl groups excluding tert-OH is 2. The minimum absolute atomic E-state index is 0.0165. The zero-order valence-corrected chi connectivity index (χ0v) is 45.2. The number of para-hydroxylation sites is 1. The summed E-state index contributed by atoms with van der Waals surface area (Å²) < 4.78 is 66.0. The summed E-state index contributed by atoms with van der Waals surface area (Å²) >= 11 is 0.906. The first-order chi connectivity index (χ1) is 38.8. The van der Waals surface area contributed by atoms with Crippen LogP contribution >= 0.6 is 12.0 Å². The fraction of sp³-hybridized carbons (Fsp3) is 0.258. The SMILES string of the molecule is C=CC[C@@H]1O[C@H](C[C@@H](COC(=O)c2ccccc2)OC(=O)c2ccccc2)[C@H](O)/C1=C\SOOc1ccccc1.C=CC[C@@H]1O[C@H](C[C@@H](COC(=O)c2ccccc2)OC(=O)c2ccccc2)[C@H](O)C1CS(=O)(=O)c1ccccc1. The van der Waals surface area contributed by atoms with E-state index < -0.39 is 88.5 Å². The van der Waals surface area contributed by atoms with E-state index >= 15 is 0 Å². The second-order valence-corrected chi connectivity index (χ2v) is 21.1. The fourth-order valence-electron chi connectivity index (χ4n) is 8.79. The molecular weight excluding hydrogens is 1060 g/mol. The lowest BCUT2D eigenvalue weighted by Crippen LogP contribution is -2.36. The maximum Gasteiger partial charge on any atom is 0.338 e.